The molecule has 1 aliphatic rings. The molecule has 0 aliphatic carbocycles. The fraction of sp³-hybridized carbons (Fsp3) is 0.385. The molecule has 2 aromatic rings. The largest absolute Gasteiger partial charge is 0.368 e. The third-order valence-electron chi connectivity index (χ3n) is 3.92. The summed E-state index contributed by atoms with van der Waals surface area (Å²) in [5.41, 5.74) is 5.02. The molecule has 3 rings (SSSR count). The zero-order valence-electron chi connectivity index (χ0n) is 12.6. The van der Waals surface area contributed by atoms with Gasteiger partial charge in [0, 0.05) is 13.1 Å². The van der Waals surface area contributed by atoms with Gasteiger partial charge in [-0.2, -0.15) is 0 Å². The van der Waals surface area contributed by atoms with Crippen LogP contribution < -0.4 is 27.2 Å². The molecule has 3 N–H and O–H groups in total. The molecule has 2 aromatic heterocycles. The molecule has 0 fully saturated rings. The van der Waals surface area contributed by atoms with Gasteiger partial charge in [0.15, 0.2) is 0 Å². The van der Waals surface area contributed by atoms with E-state index in [0.717, 1.165) is 4.57 Å². The Morgan fingerprint density at radius 2 is 2.26 bits per heavy atom. The van der Waals surface area contributed by atoms with Gasteiger partial charge in [0.05, 0.1) is 13.2 Å². The van der Waals surface area contributed by atoms with Crippen LogP contribution in [0.4, 0.5) is 11.5 Å². The fourth-order valence-corrected chi connectivity index (χ4v) is 2.56. The van der Waals surface area contributed by atoms with Crippen LogP contribution in [0.2, 0.25) is 0 Å². The molecule has 0 spiro atoms. The molecule has 0 bridgehead atoms. The lowest BCUT2D eigenvalue weighted by atomic mass is 10.2. The first-order valence-corrected chi connectivity index (χ1v) is 6.94. The number of fused-ring (bicyclic) bond motifs is 1. The minimum atomic E-state index is -0.686. The minimum absolute atomic E-state index is 0.0198. The third-order valence-corrected chi connectivity index (χ3v) is 3.92. The number of hydrogen-bond donors (Lipinski definition) is 2. The Morgan fingerprint density at radius 1 is 1.52 bits per heavy atom. The molecule has 0 aromatic carbocycles. The normalized spacial score (nSPS) is 14.4. The Bertz CT molecular complexity index is 866. The second-order valence-corrected chi connectivity index (χ2v) is 5.30. The second kappa shape index (κ2) is 5.30. The van der Waals surface area contributed by atoms with Gasteiger partial charge in [-0.3, -0.25) is 18.7 Å². The number of nitrogens with two attached hydrogens (primary N) is 1. The van der Waals surface area contributed by atoms with Crippen LogP contribution >= 0.6 is 0 Å². The van der Waals surface area contributed by atoms with Crippen LogP contribution in [0.3, 0.4) is 0 Å². The zero-order chi connectivity index (χ0) is 16.7. The highest BCUT2D eigenvalue weighted by Crippen LogP contribution is 2.27. The molecular weight excluding hydrogens is 304 g/mol. The number of nitrogens with zero attached hydrogens (tertiary/aromatic N) is 4. The Kier molecular flexibility index (Phi) is 3.43. The summed E-state index contributed by atoms with van der Waals surface area (Å²) in [6, 6.07) is 0.885. The number of hydrogen-bond acceptors (Lipinski definition) is 7. The highest BCUT2D eigenvalue weighted by molar-refractivity contribution is 5.86. The lowest BCUT2D eigenvalue weighted by Gasteiger charge is -2.23. The Morgan fingerprint density at radius 3 is 2.87 bits per heavy atom. The summed E-state index contributed by atoms with van der Waals surface area (Å²) in [5, 5.41) is 6.67. The third kappa shape index (κ3) is 2.28. The molecule has 1 amide bonds. The van der Waals surface area contributed by atoms with E-state index in [-0.39, 0.29) is 18.9 Å². The van der Waals surface area contributed by atoms with Crippen LogP contribution in [0, 0.1) is 0 Å². The van der Waals surface area contributed by atoms with Gasteiger partial charge < -0.3 is 20.5 Å². The number of anilines is 2. The molecule has 0 radical (unpaired) electrons. The van der Waals surface area contributed by atoms with Gasteiger partial charge in [-0.15, -0.1) is 0 Å². The van der Waals surface area contributed by atoms with E-state index in [4.69, 9.17) is 10.3 Å². The molecule has 1 aliphatic heterocycles. The lowest BCUT2D eigenvalue weighted by molar-refractivity contribution is -0.118. The number of amides is 1. The van der Waals surface area contributed by atoms with Crippen molar-refractivity contribution in [2.24, 2.45) is 12.8 Å². The van der Waals surface area contributed by atoms with Gasteiger partial charge in [0.25, 0.3) is 5.56 Å². The molecule has 10 nitrogen and oxygen atoms in total. The number of carbonyl (C=O) groups excluding carboxylic acids is 1. The van der Waals surface area contributed by atoms with E-state index in [1.165, 1.54) is 10.8 Å². The van der Waals surface area contributed by atoms with Gasteiger partial charge in [-0.05, 0) is 6.92 Å². The van der Waals surface area contributed by atoms with Crippen molar-refractivity contribution in [3.05, 3.63) is 38.9 Å². The van der Waals surface area contributed by atoms with E-state index in [1.54, 1.807) is 24.9 Å². The van der Waals surface area contributed by atoms with Gasteiger partial charge in [0.2, 0.25) is 5.91 Å². The molecule has 0 saturated heterocycles. The van der Waals surface area contributed by atoms with Crippen LogP contribution in [0.25, 0.3) is 0 Å². The predicted octanol–water partition coefficient (Wildman–Crippen LogP) is -1.35. The first-order chi connectivity index (χ1) is 10.9. The van der Waals surface area contributed by atoms with Crippen molar-refractivity contribution in [2.75, 3.05) is 16.9 Å². The maximum atomic E-state index is 12.8. The van der Waals surface area contributed by atoms with E-state index >= 15 is 0 Å². The molecule has 3 heterocycles. The van der Waals surface area contributed by atoms with Gasteiger partial charge in [0.1, 0.15) is 29.5 Å². The maximum absolute atomic E-state index is 12.8. The second-order valence-electron chi connectivity index (χ2n) is 5.30. The van der Waals surface area contributed by atoms with E-state index in [1.807, 2.05) is 0 Å². The quantitative estimate of drug-likeness (QED) is 0.712. The van der Waals surface area contributed by atoms with Gasteiger partial charge >= 0.3 is 5.69 Å². The van der Waals surface area contributed by atoms with E-state index in [9.17, 15) is 14.4 Å². The first kappa shape index (κ1) is 14.9. The number of carbonyl (C=O) groups is 1. The molecular formula is C13H16N6O4. The first-order valence-electron chi connectivity index (χ1n) is 6.94. The van der Waals surface area contributed by atoms with E-state index in [2.05, 4.69) is 10.5 Å². The van der Waals surface area contributed by atoms with Crippen molar-refractivity contribution in [3.63, 3.8) is 0 Å². The average Bonchev–Trinajstić information content (AvgIpc) is 3.17. The average molecular weight is 320 g/mol. The summed E-state index contributed by atoms with van der Waals surface area (Å²) in [5.74, 6) is -0.194. The minimum Gasteiger partial charge on any atom is -0.368 e. The highest BCUT2D eigenvalue weighted by atomic mass is 16.5. The van der Waals surface area contributed by atoms with Crippen molar-refractivity contribution >= 4 is 17.4 Å². The summed E-state index contributed by atoms with van der Waals surface area (Å²) in [7, 11) is 1.55. The zero-order valence-corrected chi connectivity index (χ0v) is 12.6. The van der Waals surface area contributed by atoms with Crippen molar-refractivity contribution in [1.82, 2.24) is 14.3 Å². The van der Waals surface area contributed by atoms with Crippen LogP contribution in [0.1, 0.15) is 12.6 Å². The van der Waals surface area contributed by atoms with Gasteiger partial charge in [-0.25, -0.2) is 4.79 Å². The number of aromatic nitrogens is 3. The summed E-state index contributed by atoms with van der Waals surface area (Å²) in [4.78, 5) is 38.2. The summed E-state index contributed by atoms with van der Waals surface area (Å²) < 4.78 is 7.09. The van der Waals surface area contributed by atoms with Crippen molar-refractivity contribution in [3.8, 4) is 0 Å². The van der Waals surface area contributed by atoms with E-state index in [0.29, 0.717) is 11.5 Å². The molecule has 10 heteroatoms. The SMILES string of the molecule is C[C@@H](C(N)=O)N1CNc2c1c(=O)n(Cc1ccon1)c(=O)n2C. The highest BCUT2D eigenvalue weighted by Gasteiger charge is 2.32. The monoisotopic (exact) mass is 320 g/mol. The van der Waals surface area contributed by atoms with Crippen molar-refractivity contribution in [1.29, 1.82) is 0 Å². The summed E-state index contributed by atoms with van der Waals surface area (Å²) in [6.45, 7) is 1.80. The topological polar surface area (TPSA) is 128 Å². The van der Waals surface area contributed by atoms with Crippen molar-refractivity contribution in [2.45, 2.75) is 19.5 Å². The van der Waals surface area contributed by atoms with Gasteiger partial charge in [-0.1, -0.05) is 5.16 Å². The lowest BCUT2D eigenvalue weighted by Crippen LogP contribution is -2.46. The van der Waals surface area contributed by atoms with Crippen LogP contribution in [-0.4, -0.2) is 32.9 Å². The van der Waals surface area contributed by atoms with Crippen LogP contribution in [0.5, 0.6) is 0 Å². The molecule has 1 atom stereocenters. The van der Waals surface area contributed by atoms with E-state index < -0.39 is 23.2 Å². The molecule has 0 unspecified atom stereocenters. The summed E-state index contributed by atoms with van der Waals surface area (Å²) in [6.07, 6.45) is 1.36. The number of primary amides is 1. The predicted molar refractivity (Wildman–Crippen MR) is 81.2 cm³/mol. The standard InChI is InChI=1S/C13H16N6O4/c1-7(10(14)20)19-6-15-11-9(19)12(21)18(13(22)17(11)2)5-8-3-4-23-16-8/h3-4,7,15H,5-6H2,1-2H3,(H2,14,20)/t7-/m0/s1. The summed E-state index contributed by atoms with van der Waals surface area (Å²) >= 11 is 0. The van der Waals surface area contributed by atoms with Crippen LogP contribution in [-0.2, 0) is 18.4 Å². The smallest absolute Gasteiger partial charge is 0.332 e. The Labute approximate surface area is 130 Å². The molecule has 122 valence electrons. The Hall–Kier alpha value is -3.04. The molecule has 23 heavy (non-hydrogen) atoms. The molecule has 0 saturated carbocycles. The van der Waals surface area contributed by atoms with Crippen molar-refractivity contribution < 1.29 is 9.32 Å². The maximum Gasteiger partial charge on any atom is 0.332 e. The Balaban J connectivity index is 2.16. The van der Waals surface area contributed by atoms with Crippen LogP contribution in [0.15, 0.2) is 26.4 Å². The fourth-order valence-electron chi connectivity index (χ4n) is 2.56. The number of nitrogens with one attached hydrogen (secondary N) is 1. The number of rotatable bonds is 4.